The maximum atomic E-state index is 12.2. The molecule has 0 radical (unpaired) electrons. The normalized spacial score (nSPS) is 11.4. The third-order valence-corrected chi connectivity index (χ3v) is 3.37. The standard InChI is InChI=1S/C19H16N2O/c1-14(13-18(22)15-7-3-2-4-8-15)21-17-11-5-9-16-10-6-12-20-19(16)17/h2-13,21H,1H3. The van der Waals surface area contributed by atoms with Crippen LogP contribution in [0.4, 0.5) is 5.69 Å². The number of pyridine rings is 1. The second-order valence-corrected chi connectivity index (χ2v) is 5.06. The number of hydrogen-bond acceptors (Lipinski definition) is 3. The average molecular weight is 288 g/mol. The molecule has 0 bridgehead atoms. The number of fused-ring (bicyclic) bond motifs is 1. The van der Waals surface area contributed by atoms with Gasteiger partial charge in [0.2, 0.25) is 0 Å². The van der Waals surface area contributed by atoms with E-state index in [1.165, 1.54) is 0 Å². The number of para-hydroxylation sites is 1. The van der Waals surface area contributed by atoms with E-state index in [-0.39, 0.29) is 5.78 Å². The topological polar surface area (TPSA) is 42.0 Å². The van der Waals surface area contributed by atoms with E-state index >= 15 is 0 Å². The van der Waals surface area contributed by atoms with Crippen molar-refractivity contribution in [2.24, 2.45) is 0 Å². The van der Waals surface area contributed by atoms with Gasteiger partial charge in [0, 0.05) is 28.9 Å². The van der Waals surface area contributed by atoms with Gasteiger partial charge in [-0.25, -0.2) is 0 Å². The Balaban J connectivity index is 1.85. The van der Waals surface area contributed by atoms with Gasteiger partial charge in [-0.2, -0.15) is 0 Å². The Morgan fingerprint density at radius 3 is 2.59 bits per heavy atom. The van der Waals surface area contributed by atoms with E-state index in [2.05, 4.69) is 10.3 Å². The molecule has 0 fully saturated rings. The molecule has 2 aromatic carbocycles. The molecule has 0 spiro atoms. The van der Waals surface area contributed by atoms with E-state index in [9.17, 15) is 4.79 Å². The van der Waals surface area contributed by atoms with Crippen molar-refractivity contribution in [3.8, 4) is 0 Å². The predicted octanol–water partition coefficient (Wildman–Crippen LogP) is 4.43. The summed E-state index contributed by atoms with van der Waals surface area (Å²) in [6.45, 7) is 1.88. The van der Waals surface area contributed by atoms with Gasteiger partial charge < -0.3 is 5.32 Å². The number of allylic oxidation sites excluding steroid dienone is 2. The first-order chi connectivity index (χ1) is 10.7. The van der Waals surface area contributed by atoms with E-state index in [0.29, 0.717) is 5.56 Å². The summed E-state index contributed by atoms with van der Waals surface area (Å²) in [6, 6.07) is 19.1. The van der Waals surface area contributed by atoms with Gasteiger partial charge in [0.25, 0.3) is 0 Å². The van der Waals surface area contributed by atoms with E-state index in [1.54, 1.807) is 12.3 Å². The Labute approximate surface area is 129 Å². The number of nitrogens with one attached hydrogen (secondary N) is 1. The highest BCUT2D eigenvalue weighted by Crippen LogP contribution is 2.22. The lowest BCUT2D eigenvalue weighted by molar-refractivity contribution is 0.104. The van der Waals surface area contributed by atoms with E-state index in [1.807, 2.05) is 67.6 Å². The highest BCUT2D eigenvalue weighted by Gasteiger charge is 2.04. The maximum absolute atomic E-state index is 12.2. The molecule has 1 N–H and O–H groups in total. The van der Waals surface area contributed by atoms with Gasteiger partial charge in [-0.3, -0.25) is 9.78 Å². The second kappa shape index (κ2) is 6.22. The van der Waals surface area contributed by atoms with Crippen LogP contribution in [-0.2, 0) is 0 Å². The first-order valence-electron chi connectivity index (χ1n) is 7.12. The number of rotatable bonds is 4. The molecule has 0 amide bonds. The van der Waals surface area contributed by atoms with Crippen molar-refractivity contribution in [1.29, 1.82) is 0 Å². The van der Waals surface area contributed by atoms with Crippen molar-refractivity contribution in [2.45, 2.75) is 6.92 Å². The molecule has 0 unspecified atom stereocenters. The number of nitrogens with zero attached hydrogens (tertiary/aromatic N) is 1. The van der Waals surface area contributed by atoms with Crippen LogP contribution in [0, 0.1) is 0 Å². The van der Waals surface area contributed by atoms with Crippen LogP contribution in [0.1, 0.15) is 17.3 Å². The summed E-state index contributed by atoms with van der Waals surface area (Å²) in [5, 5.41) is 4.33. The summed E-state index contributed by atoms with van der Waals surface area (Å²) in [5.74, 6) is -0.0150. The number of ketones is 1. The highest BCUT2D eigenvalue weighted by atomic mass is 16.1. The number of hydrogen-bond donors (Lipinski definition) is 1. The first kappa shape index (κ1) is 14.0. The van der Waals surface area contributed by atoms with Crippen molar-refractivity contribution >= 4 is 22.4 Å². The quantitative estimate of drug-likeness (QED) is 0.570. The largest absolute Gasteiger partial charge is 0.357 e. The van der Waals surface area contributed by atoms with Gasteiger partial charge in [0.05, 0.1) is 11.2 Å². The molecule has 0 aliphatic rings. The lowest BCUT2D eigenvalue weighted by Crippen LogP contribution is -2.02. The molecule has 0 saturated carbocycles. The number of aromatic nitrogens is 1. The Morgan fingerprint density at radius 1 is 1.00 bits per heavy atom. The zero-order valence-electron chi connectivity index (χ0n) is 12.3. The molecule has 0 atom stereocenters. The number of benzene rings is 2. The predicted molar refractivity (Wildman–Crippen MR) is 89.9 cm³/mol. The van der Waals surface area contributed by atoms with Crippen molar-refractivity contribution < 1.29 is 4.79 Å². The maximum Gasteiger partial charge on any atom is 0.187 e. The minimum absolute atomic E-state index is 0.0150. The molecular formula is C19H16N2O. The van der Waals surface area contributed by atoms with E-state index in [0.717, 1.165) is 22.3 Å². The minimum atomic E-state index is -0.0150. The molecule has 3 heteroatoms. The Bertz CT molecular complexity index is 833. The molecule has 1 aromatic heterocycles. The summed E-state index contributed by atoms with van der Waals surface area (Å²) in [6.07, 6.45) is 3.37. The molecular weight excluding hydrogens is 272 g/mol. The van der Waals surface area contributed by atoms with Crippen LogP contribution >= 0.6 is 0 Å². The second-order valence-electron chi connectivity index (χ2n) is 5.06. The smallest absolute Gasteiger partial charge is 0.187 e. The average Bonchev–Trinajstić information content (AvgIpc) is 2.56. The first-order valence-corrected chi connectivity index (χ1v) is 7.12. The Kier molecular flexibility index (Phi) is 3.97. The molecule has 108 valence electrons. The van der Waals surface area contributed by atoms with Crippen LogP contribution in [-0.4, -0.2) is 10.8 Å². The monoisotopic (exact) mass is 288 g/mol. The zero-order valence-corrected chi connectivity index (χ0v) is 12.3. The van der Waals surface area contributed by atoms with Crippen molar-refractivity contribution in [3.05, 3.63) is 84.2 Å². The van der Waals surface area contributed by atoms with Crippen LogP contribution in [0.3, 0.4) is 0 Å². The highest BCUT2D eigenvalue weighted by molar-refractivity contribution is 6.05. The summed E-state index contributed by atoms with van der Waals surface area (Å²) >= 11 is 0. The molecule has 3 rings (SSSR count). The van der Waals surface area contributed by atoms with Crippen LogP contribution < -0.4 is 5.32 Å². The summed E-state index contributed by atoms with van der Waals surface area (Å²) in [7, 11) is 0. The summed E-state index contributed by atoms with van der Waals surface area (Å²) in [5.41, 5.74) is 3.25. The van der Waals surface area contributed by atoms with Crippen LogP contribution in [0.15, 0.2) is 78.6 Å². The van der Waals surface area contributed by atoms with Crippen molar-refractivity contribution in [3.63, 3.8) is 0 Å². The van der Waals surface area contributed by atoms with Crippen LogP contribution in [0.5, 0.6) is 0 Å². The van der Waals surface area contributed by atoms with Gasteiger partial charge in [0.15, 0.2) is 5.78 Å². The summed E-state index contributed by atoms with van der Waals surface area (Å²) in [4.78, 5) is 16.6. The minimum Gasteiger partial charge on any atom is -0.357 e. The fraction of sp³-hybridized carbons (Fsp3) is 0.0526. The molecule has 0 aliphatic heterocycles. The van der Waals surface area contributed by atoms with Gasteiger partial charge in [-0.1, -0.05) is 48.5 Å². The van der Waals surface area contributed by atoms with E-state index in [4.69, 9.17) is 0 Å². The third-order valence-electron chi connectivity index (χ3n) is 3.37. The molecule has 0 aliphatic carbocycles. The van der Waals surface area contributed by atoms with Crippen LogP contribution in [0.2, 0.25) is 0 Å². The molecule has 0 saturated heterocycles. The molecule has 1 heterocycles. The lowest BCUT2D eigenvalue weighted by atomic mass is 10.1. The fourth-order valence-corrected chi connectivity index (χ4v) is 2.34. The van der Waals surface area contributed by atoms with Gasteiger partial charge in [-0.15, -0.1) is 0 Å². The fourth-order valence-electron chi connectivity index (χ4n) is 2.34. The van der Waals surface area contributed by atoms with Gasteiger partial charge in [0.1, 0.15) is 0 Å². The van der Waals surface area contributed by atoms with Gasteiger partial charge in [-0.05, 0) is 19.1 Å². The SMILES string of the molecule is CC(=CC(=O)c1ccccc1)Nc1cccc2cccnc12. The molecule has 3 aromatic rings. The van der Waals surface area contributed by atoms with Crippen LogP contribution in [0.25, 0.3) is 10.9 Å². The molecule has 22 heavy (non-hydrogen) atoms. The van der Waals surface area contributed by atoms with Crippen molar-refractivity contribution in [1.82, 2.24) is 4.98 Å². The summed E-state index contributed by atoms with van der Waals surface area (Å²) < 4.78 is 0. The lowest BCUT2D eigenvalue weighted by Gasteiger charge is -2.09. The number of carbonyl (C=O) groups excluding carboxylic acids is 1. The van der Waals surface area contributed by atoms with Crippen molar-refractivity contribution in [2.75, 3.05) is 5.32 Å². The number of carbonyl (C=O) groups is 1. The zero-order chi connectivity index (χ0) is 15.4. The van der Waals surface area contributed by atoms with E-state index < -0.39 is 0 Å². The Hall–Kier alpha value is -2.94. The van der Waals surface area contributed by atoms with Gasteiger partial charge >= 0.3 is 0 Å². The molecule has 3 nitrogen and oxygen atoms in total. The number of anilines is 1. The Morgan fingerprint density at radius 2 is 1.77 bits per heavy atom. The third kappa shape index (κ3) is 3.04.